The smallest absolute Gasteiger partial charge is 0.182 e. The molecule has 1 saturated heterocycles. The topological polar surface area (TPSA) is 76.2 Å². The predicted molar refractivity (Wildman–Crippen MR) is 142 cm³/mol. The van der Waals surface area contributed by atoms with E-state index >= 15 is 0 Å². The maximum absolute atomic E-state index is 4.49. The van der Waals surface area contributed by atoms with Crippen LogP contribution in [0.4, 0.5) is 17.2 Å². The van der Waals surface area contributed by atoms with E-state index < -0.39 is 0 Å². The third-order valence-corrected chi connectivity index (χ3v) is 7.05. The number of piperazine rings is 1. The van der Waals surface area contributed by atoms with Gasteiger partial charge in [0.1, 0.15) is 11.8 Å². The molecule has 2 aliphatic heterocycles. The normalized spacial score (nSPS) is 17.3. The van der Waals surface area contributed by atoms with Gasteiger partial charge in [-0.15, -0.1) is 0 Å². The Kier molecular flexibility index (Phi) is 5.58. The standard InChI is InChI=1S/C27H30N8/c1-19(32-27-25-26(29-17-28-25)30-18-31-27)24-15-20-7-6-10-23(34-13-11-33(2)12-14-34)22(20)16-35(24)21-8-4-3-5-9-21/h3-10,15,17-19H,11-14,16H2,1-2H3,(H2,28,29,30,31,32)/t19-/m0/s1. The number of likely N-dealkylation sites (N-methyl/N-ethyl adjacent to an activating group) is 1. The van der Waals surface area contributed by atoms with Crippen molar-refractivity contribution in [2.75, 3.05) is 48.3 Å². The van der Waals surface area contributed by atoms with Crippen LogP contribution in [-0.4, -0.2) is 64.1 Å². The maximum atomic E-state index is 4.49. The minimum Gasteiger partial charge on any atom is -0.369 e. The molecule has 0 aliphatic carbocycles. The van der Waals surface area contributed by atoms with E-state index in [0.29, 0.717) is 5.65 Å². The van der Waals surface area contributed by atoms with Gasteiger partial charge in [-0.1, -0.05) is 30.3 Å². The van der Waals surface area contributed by atoms with Crippen molar-refractivity contribution >= 4 is 34.4 Å². The van der Waals surface area contributed by atoms with Gasteiger partial charge in [-0.3, -0.25) is 0 Å². The molecule has 2 aromatic carbocycles. The van der Waals surface area contributed by atoms with E-state index in [9.17, 15) is 0 Å². The summed E-state index contributed by atoms with van der Waals surface area (Å²) in [6.45, 7) is 7.30. The summed E-state index contributed by atoms with van der Waals surface area (Å²) in [5.41, 5.74) is 7.88. The highest BCUT2D eigenvalue weighted by Gasteiger charge is 2.28. The molecule has 6 rings (SSSR count). The van der Waals surface area contributed by atoms with Gasteiger partial charge in [-0.25, -0.2) is 15.0 Å². The number of rotatable bonds is 5. The molecule has 8 heteroatoms. The zero-order chi connectivity index (χ0) is 23.8. The Balaban J connectivity index is 1.39. The van der Waals surface area contributed by atoms with E-state index in [0.717, 1.165) is 44.1 Å². The van der Waals surface area contributed by atoms with Crippen LogP contribution in [0.3, 0.4) is 0 Å². The zero-order valence-electron chi connectivity index (χ0n) is 20.1. The Morgan fingerprint density at radius 2 is 1.77 bits per heavy atom. The highest BCUT2D eigenvalue weighted by atomic mass is 15.3. The molecule has 1 fully saturated rings. The molecule has 4 heterocycles. The lowest BCUT2D eigenvalue weighted by atomic mass is 9.95. The van der Waals surface area contributed by atoms with Crippen molar-refractivity contribution in [2.24, 2.45) is 0 Å². The van der Waals surface area contributed by atoms with E-state index in [1.807, 2.05) is 0 Å². The quantitative estimate of drug-likeness (QED) is 0.461. The van der Waals surface area contributed by atoms with Crippen LogP contribution >= 0.6 is 0 Å². The second kappa shape index (κ2) is 9.03. The second-order valence-corrected chi connectivity index (χ2v) is 9.32. The first-order chi connectivity index (χ1) is 17.2. The fourth-order valence-electron chi connectivity index (χ4n) is 5.09. The van der Waals surface area contributed by atoms with Gasteiger partial charge in [-0.2, -0.15) is 0 Å². The lowest BCUT2D eigenvalue weighted by Crippen LogP contribution is -2.45. The van der Waals surface area contributed by atoms with E-state index in [1.165, 1.54) is 28.2 Å². The first kappa shape index (κ1) is 21.6. The van der Waals surface area contributed by atoms with Crippen molar-refractivity contribution in [3.05, 3.63) is 78.0 Å². The fraction of sp³-hybridized carbons (Fsp3) is 0.296. The summed E-state index contributed by atoms with van der Waals surface area (Å²) in [6.07, 6.45) is 5.54. The molecule has 0 amide bonds. The third-order valence-electron chi connectivity index (χ3n) is 7.05. The zero-order valence-corrected chi connectivity index (χ0v) is 20.1. The van der Waals surface area contributed by atoms with E-state index in [1.54, 1.807) is 12.7 Å². The van der Waals surface area contributed by atoms with Crippen LogP contribution < -0.4 is 15.1 Å². The Bertz CT molecular complexity index is 1350. The summed E-state index contributed by atoms with van der Waals surface area (Å²) in [5.74, 6) is 0.755. The summed E-state index contributed by atoms with van der Waals surface area (Å²) < 4.78 is 0. The van der Waals surface area contributed by atoms with Gasteiger partial charge in [0.05, 0.1) is 18.9 Å². The van der Waals surface area contributed by atoms with Crippen molar-refractivity contribution in [1.29, 1.82) is 0 Å². The molecule has 8 nitrogen and oxygen atoms in total. The number of fused-ring (bicyclic) bond motifs is 2. The molecule has 0 spiro atoms. The third kappa shape index (κ3) is 4.10. The number of nitrogens with one attached hydrogen (secondary N) is 2. The van der Waals surface area contributed by atoms with Crippen molar-refractivity contribution < 1.29 is 0 Å². The van der Waals surface area contributed by atoms with Gasteiger partial charge >= 0.3 is 0 Å². The van der Waals surface area contributed by atoms with Gasteiger partial charge < -0.3 is 25.0 Å². The molecule has 2 N–H and O–H groups in total. The summed E-state index contributed by atoms with van der Waals surface area (Å²) >= 11 is 0. The van der Waals surface area contributed by atoms with Crippen LogP contribution in [0.2, 0.25) is 0 Å². The highest BCUT2D eigenvalue weighted by molar-refractivity contribution is 5.83. The number of para-hydroxylation sites is 1. The summed E-state index contributed by atoms with van der Waals surface area (Å²) in [4.78, 5) is 23.5. The molecule has 2 aliphatic rings. The average Bonchev–Trinajstić information content (AvgIpc) is 3.39. The number of imidazole rings is 1. The number of benzene rings is 2. The van der Waals surface area contributed by atoms with Crippen LogP contribution in [0.25, 0.3) is 17.2 Å². The lowest BCUT2D eigenvalue weighted by molar-refractivity contribution is 0.312. The van der Waals surface area contributed by atoms with Crippen LogP contribution in [0.1, 0.15) is 18.1 Å². The molecule has 178 valence electrons. The fourth-order valence-corrected chi connectivity index (χ4v) is 5.09. The monoisotopic (exact) mass is 466 g/mol. The first-order valence-corrected chi connectivity index (χ1v) is 12.2. The molecule has 0 bridgehead atoms. The first-order valence-electron chi connectivity index (χ1n) is 12.2. The minimum absolute atomic E-state index is 0.0112. The van der Waals surface area contributed by atoms with Gasteiger partial charge in [-0.05, 0) is 43.8 Å². The van der Waals surface area contributed by atoms with Gasteiger partial charge in [0, 0.05) is 48.8 Å². The van der Waals surface area contributed by atoms with E-state index in [4.69, 9.17) is 0 Å². The second-order valence-electron chi connectivity index (χ2n) is 9.32. The molecule has 2 aromatic heterocycles. The van der Waals surface area contributed by atoms with Crippen LogP contribution in [0.15, 0.2) is 66.9 Å². The number of nitrogens with zero attached hydrogens (tertiary/aromatic N) is 6. The van der Waals surface area contributed by atoms with Gasteiger partial charge in [0.25, 0.3) is 0 Å². The van der Waals surface area contributed by atoms with E-state index in [-0.39, 0.29) is 6.04 Å². The number of hydrogen-bond donors (Lipinski definition) is 2. The Hall–Kier alpha value is -3.91. The molecule has 35 heavy (non-hydrogen) atoms. The Morgan fingerprint density at radius 1 is 0.943 bits per heavy atom. The molecule has 0 saturated carbocycles. The molecular formula is C27H30N8. The van der Waals surface area contributed by atoms with Crippen molar-refractivity contribution in [2.45, 2.75) is 19.5 Å². The minimum atomic E-state index is 0.0112. The molecule has 4 aromatic rings. The summed E-state index contributed by atoms with van der Waals surface area (Å²) in [6, 6.07) is 17.4. The van der Waals surface area contributed by atoms with Crippen LogP contribution in [-0.2, 0) is 6.54 Å². The molecule has 0 radical (unpaired) electrons. The van der Waals surface area contributed by atoms with E-state index in [2.05, 4.69) is 109 Å². The van der Waals surface area contributed by atoms with Crippen molar-refractivity contribution in [1.82, 2.24) is 24.8 Å². The highest BCUT2D eigenvalue weighted by Crippen LogP contribution is 2.37. The molecular weight excluding hydrogens is 436 g/mol. The number of H-pyrrole nitrogens is 1. The number of hydrogen-bond acceptors (Lipinski definition) is 7. The SMILES string of the molecule is C[C@H](Nc1ncnc2nc[nH]c12)C1=Cc2cccc(N3CCN(C)CC3)c2CN1c1ccccc1. The largest absolute Gasteiger partial charge is 0.369 e. The summed E-state index contributed by atoms with van der Waals surface area (Å²) in [5, 5.41) is 3.61. The number of aromatic amines is 1. The number of aromatic nitrogens is 4. The average molecular weight is 467 g/mol. The Labute approximate surface area is 205 Å². The number of anilines is 3. The Morgan fingerprint density at radius 3 is 2.60 bits per heavy atom. The summed E-state index contributed by atoms with van der Waals surface area (Å²) in [7, 11) is 2.20. The molecule has 1 atom stereocenters. The van der Waals surface area contributed by atoms with Crippen molar-refractivity contribution in [3.63, 3.8) is 0 Å². The van der Waals surface area contributed by atoms with Gasteiger partial charge in [0.2, 0.25) is 0 Å². The predicted octanol–water partition coefficient (Wildman–Crippen LogP) is 3.97. The lowest BCUT2D eigenvalue weighted by Gasteiger charge is -2.39. The van der Waals surface area contributed by atoms with Crippen LogP contribution in [0.5, 0.6) is 0 Å². The van der Waals surface area contributed by atoms with Gasteiger partial charge in [0.15, 0.2) is 11.5 Å². The van der Waals surface area contributed by atoms with Crippen LogP contribution in [0, 0.1) is 0 Å². The maximum Gasteiger partial charge on any atom is 0.182 e. The van der Waals surface area contributed by atoms with Crippen molar-refractivity contribution in [3.8, 4) is 0 Å². The molecule has 0 unspecified atom stereocenters.